The van der Waals surface area contributed by atoms with Crippen LogP contribution in [-0.2, 0) is 11.3 Å². The average Bonchev–Trinajstić information content (AvgIpc) is 2.63. The predicted octanol–water partition coefficient (Wildman–Crippen LogP) is 1.94. The first-order chi connectivity index (χ1) is 8.75. The lowest BCUT2D eigenvalue weighted by atomic mass is 10.2. The first kappa shape index (κ1) is 13.5. The van der Waals surface area contributed by atoms with Crippen LogP contribution in [0.2, 0.25) is 0 Å². The Hall–Kier alpha value is -0.940. The van der Waals surface area contributed by atoms with E-state index in [0.717, 1.165) is 36.6 Å². The Balaban J connectivity index is 1.70. The van der Waals surface area contributed by atoms with E-state index >= 15 is 0 Å². The molecule has 0 atom stereocenters. The number of thiazole rings is 1. The Bertz CT molecular complexity index is 383. The minimum absolute atomic E-state index is 0.227. The molecule has 1 fully saturated rings. The highest BCUT2D eigenvalue weighted by Crippen LogP contribution is 2.10. The number of nitrogens with zero attached hydrogens (tertiary/aromatic N) is 2. The number of hydrogen-bond acceptors (Lipinski definition) is 4. The lowest BCUT2D eigenvalue weighted by molar-refractivity contribution is -0.130. The van der Waals surface area contributed by atoms with Crippen LogP contribution < -0.4 is 5.32 Å². The average molecular weight is 267 g/mol. The van der Waals surface area contributed by atoms with Crippen LogP contribution in [0.4, 0.5) is 0 Å². The second-order valence-electron chi connectivity index (χ2n) is 4.78. The van der Waals surface area contributed by atoms with Crippen LogP contribution in [0.1, 0.15) is 36.4 Å². The van der Waals surface area contributed by atoms with Crippen molar-refractivity contribution < 1.29 is 4.79 Å². The summed E-state index contributed by atoms with van der Waals surface area (Å²) in [5.74, 6) is 0.227. The number of carbonyl (C=O) groups is 1. The number of rotatable bonds is 4. The molecular weight excluding hydrogens is 246 g/mol. The van der Waals surface area contributed by atoms with E-state index in [9.17, 15) is 4.79 Å². The van der Waals surface area contributed by atoms with Gasteiger partial charge in [0.2, 0.25) is 5.91 Å². The third-order valence-electron chi connectivity index (χ3n) is 3.18. The van der Waals surface area contributed by atoms with Gasteiger partial charge in [0.05, 0.1) is 6.54 Å². The molecule has 0 bridgehead atoms. The van der Waals surface area contributed by atoms with E-state index in [1.54, 1.807) is 11.3 Å². The number of nitrogens with one attached hydrogen (secondary N) is 1. The molecule has 1 aliphatic rings. The van der Waals surface area contributed by atoms with E-state index in [4.69, 9.17) is 0 Å². The molecule has 0 aromatic carbocycles. The van der Waals surface area contributed by atoms with Crippen LogP contribution in [0.3, 0.4) is 0 Å². The lowest BCUT2D eigenvalue weighted by Gasteiger charge is -2.20. The molecule has 1 aliphatic heterocycles. The fourth-order valence-electron chi connectivity index (χ4n) is 2.19. The normalized spacial score (nSPS) is 16.6. The van der Waals surface area contributed by atoms with Gasteiger partial charge in [0.15, 0.2) is 0 Å². The zero-order valence-electron chi connectivity index (χ0n) is 10.9. The molecule has 0 aliphatic carbocycles. The third-order valence-corrected chi connectivity index (χ3v) is 4.14. The Labute approximate surface area is 112 Å². The maximum Gasteiger partial charge on any atom is 0.236 e. The van der Waals surface area contributed by atoms with Crippen LogP contribution in [0.5, 0.6) is 0 Å². The second-order valence-corrected chi connectivity index (χ2v) is 5.72. The predicted molar refractivity (Wildman–Crippen MR) is 73.6 cm³/mol. The van der Waals surface area contributed by atoms with Crippen LogP contribution in [-0.4, -0.2) is 35.4 Å². The van der Waals surface area contributed by atoms with E-state index < -0.39 is 0 Å². The quantitative estimate of drug-likeness (QED) is 0.907. The van der Waals surface area contributed by atoms with Crippen molar-refractivity contribution in [3.63, 3.8) is 0 Å². The molecule has 1 N–H and O–H groups in total. The van der Waals surface area contributed by atoms with Crippen LogP contribution in [0.25, 0.3) is 0 Å². The standard InChI is InChI=1S/C13H21N3OS/c1-11-10-18-12(15-11)8-14-9-13(17)16-6-4-2-3-5-7-16/h10,14H,2-9H2,1H3. The maximum absolute atomic E-state index is 12.0. The van der Waals surface area contributed by atoms with Crippen molar-refractivity contribution in [3.05, 3.63) is 16.1 Å². The number of likely N-dealkylation sites (tertiary alicyclic amines) is 1. The molecule has 4 nitrogen and oxygen atoms in total. The molecule has 1 amide bonds. The van der Waals surface area contributed by atoms with Gasteiger partial charge >= 0.3 is 0 Å². The highest BCUT2D eigenvalue weighted by atomic mass is 32.1. The fourth-order valence-corrected chi connectivity index (χ4v) is 2.93. The summed E-state index contributed by atoms with van der Waals surface area (Å²) < 4.78 is 0. The molecular formula is C13H21N3OS. The summed E-state index contributed by atoms with van der Waals surface area (Å²) in [6.45, 7) is 4.97. The van der Waals surface area contributed by atoms with Crippen molar-refractivity contribution in [1.29, 1.82) is 0 Å². The van der Waals surface area contributed by atoms with Crippen molar-refractivity contribution in [3.8, 4) is 0 Å². The van der Waals surface area contributed by atoms with Crippen molar-refractivity contribution >= 4 is 17.2 Å². The molecule has 0 radical (unpaired) electrons. The molecule has 18 heavy (non-hydrogen) atoms. The Morgan fingerprint density at radius 2 is 2.11 bits per heavy atom. The number of aryl methyl sites for hydroxylation is 1. The molecule has 2 heterocycles. The molecule has 5 heteroatoms. The van der Waals surface area contributed by atoms with Gasteiger partial charge in [-0.2, -0.15) is 0 Å². The van der Waals surface area contributed by atoms with Crippen molar-refractivity contribution in [1.82, 2.24) is 15.2 Å². The van der Waals surface area contributed by atoms with Gasteiger partial charge in [0.25, 0.3) is 0 Å². The van der Waals surface area contributed by atoms with Crippen molar-refractivity contribution in [2.45, 2.75) is 39.2 Å². The molecule has 0 unspecified atom stereocenters. The first-order valence-electron chi connectivity index (χ1n) is 6.65. The summed E-state index contributed by atoms with van der Waals surface area (Å²) in [5.41, 5.74) is 1.05. The van der Waals surface area contributed by atoms with Crippen LogP contribution >= 0.6 is 11.3 Å². The Kier molecular flexibility index (Phi) is 5.13. The third kappa shape index (κ3) is 4.07. The monoisotopic (exact) mass is 267 g/mol. The second kappa shape index (κ2) is 6.85. The zero-order chi connectivity index (χ0) is 12.8. The van der Waals surface area contributed by atoms with Gasteiger partial charge in [0.1, 0.15) is 5.01 Å². The summed E-state index contributed by atoms with van der Waals surface area (Å²) in [5, 5.41) is 6.28. The minimum Gasteiger partial charge on any atom is -0.342 e. The Morgan fingerprint density at radius 3 is 2.72 bits per heavy atom. The topological polar surface area (TPSA) is 45.2 Å². The van der Waals surface area contributed by atoms with Gasteiger partial charge in [-0.3, -0.25) is 4.79 Å². The van der Waals surface area contributed by atoms with E-state index in [-0.39, 0.29) is 5.91 Å². The number of aromatic nitrogens is 1. The summed E-state index contributed by atoms with van der Waals surface area (Å²) in [7, 11) is 0. The smallest absolute Gasteiger partial charge is 0.236 e. The van der Waals surface area contributed by atoms with E-state index in [0.29, 0.717) is 13.1 Å². The van der Waals surface area contributed by atoms with Gasteiger partial charge in [-0.25, -0.2) is 4.98 Å². The largest absolute Gasteiger partial charge is 0.342 e. The molecule has 0 spiro atoms. The summed E-state index contributed by atoms with van der Waals surface area (Å²) in [4.78, 5) is 18.4. The van der Waals surface area contributed by atoms with Crippen molar-refractivity contribution in [2.75, 3.05) is 19.6 Å². The molecule has 100 valence electrons. The first-order valence-corrected chi connectivity index (χ1v) is 7.53. The lowest BCUT2D eigenvalue weighted by Crippen LogP contribution is -2.38. The minimum atomic E-state index is 0.227. The number of amides is 1. The van der Waals surface area contributed by atoms with E-state index in [1.807, 2.05) is 17.2 Å². The molecule has 1 aromatic heterocycles. The maximum atomic E-state index is 12.0. The summed E-state index contributed by atoms with van der Waals surface area (Å²) in [6.07, 6.45) is 4.82. The summed E-state index contributed by atoms with van der Waals surface area (Å²) in [6, 6.07) is 0. The molecule has 2 rings (SSSR count). The van der Waals surface area contributed by atoms with Gasteiger partial charge in [-0.1, -0.05) is 12.8 Å². The summed E-state index contributed by atoms with van der Waals surface area (Å²) >= 11 is 1.64. The fraction of sp³-hybridized carbons (Fsp3) is 0.692. The van der Waals surface area contributed by atoms with Crippen LogP contribution in [0, 0.1) is 6.92 Å². The molecule has 1 aromatic rings. The highest BCUT2D eigenvalue weighted by molar-refractivity contribution is 7.09. The molecule has 0 saturated carbocycles. The van der Waals surface area contributed by atoms with Crippen molar-refractivity contribution in [2.24, 2.45) is 0 Å². The van der Waals surface area contributed by atoms with Gasteiger partial charge < -0.3 is 10.2 Å². The zero-order valence-corrected chi connectivity index (χ0v) is 11.8. The number of carbonyl (C=O) groups excluding carboxylic acids is 1. The molecule has 1 saturated heterocycles. The number of hydrogen-bond donors (Lipinski definition) is 1. The van der Waals surface area contributed by atoms with E-state index in [2.05, 4.69) is 10.3 Å². The van der Waals surface area contributed by atoms with E-state index in [1.165, 1.54) is 12.8 Å². The SMILES string of the molecule is Cc1csc(CNCC(=O)N2CCCCCC2)n1. The van der Waals surface area contributed by atoms with Gasteiger partial charge in [-0.15, -0.1) is 11.3 Å². The Morgan fingerprint density at radius 1 is 1.39 bits per heavy atom. The van der Waals surface area contributed by atoms with Crippen LogP contribution in [0.15, 0.2) is 5.38 Å². The van der Waals surface area contributed by atoms with Gasteiger partial charge in [-0.05, 0) is 19.8 Å². The highest BCUT2D eigenvalue weighted by Gasteiger charge is 2.14. The van der Waals surface area contributed by atoms with Gasteiger partial charge in [0, 0.05) is 30.7 Å².